The highest BCUT2D eigenvalue weighted by Crippen LogP contribution is 2.26. The van der Waals surface area contributed by atoms with Gasteiger partial charge < -0.3 is 15.1 Å². The van der Waals surface area contributed by atoms with Crippen LogP contribution in [0.3, 0.4) is 0 Å². The molecular weight excluding hydrogens is 384 g/mol. The molecule has 0 spiro atoms. The number of anilines is 2. The number of aliphatic hydroxyl groups is 2. The van der Waals surface area contributed by atoms with Gasteiger partial charge in [-0.2, -0.15) is 10.2 Å². The van der Waals surface area contributed by atoms with Gasteiger partial charge in [0.25, 0.3) is 0 Å². The summed E-state index contributed by atoms with van der Waals surface area (Å²) < 4.78 is 0. The highest BCUT2D eigenvalue weighted by atomic mass is 17.2. The smallest absolute Gasteiger partial charge is 0.0858 e. The minimum atomic E-state index is 0.0234. The number of aliphatic hydroxyl groups excluding tert-OH is 2. The van der Waals surface area contributed by atoms with Gasteiger partial charge in [-0.05, 0) is 59.7 Å². The third-order valence-electron chi connectivity index (χ3n) is 4.48. The average molecular weight is 408 g/mol. The minimum Gasteiger partial charge on any atom is -0.395 e. The summed E-state index contributed by atoms with van der Waals surface area (Å²) >= 11 is 0. The van der Waals surface area contributed by atoms with E-state index in [1.54, 1.807) is 12.1 Å². The molecule has 0 amide bonds. The van der Waals surface area contributed by atoms with E-state index in [1.165, 1.54) is 0 Å². The van der Waals surface area contributed by atoms with E-state index in [2.05, 4.69) is 20.7 Å². The zero-order valence-electron chi connectivity index (χ0n) is 16.3. The molecule has 8 heteroatoms. The van der Waals surface area contributed by atoms with Crippen molar-refractivity contribution >= 4 is 22.7 Å². The van der Waals surface area contributed by atoms with Crippen LogP contribution < -0.4 is 10.4 Å². The third-order valence-corrected chi connectivity index (χ3v) is 4.48. The quantitative estimate of drug-likeness (QED) is 0.225. The van der Waals surface area contributed by atoms with Gasteiger partial charge >= 0.3 is 0 Å². The van der Waals surface area contributed by atoms with Crippen molar-refractivity contribution in [1.29, 1.82) is 0 Å². The van der Waals surface area contributed by atoms with Crippen LogP contribution in [0.4, 0.5) is 22.7 Å². The monoisotopic (exact) mass is 408 g/mol. The van der Waals surface area contributed by atoms with Crippen molar-refractivity contribution in [2.24, 2.45) is 10.2 Å². The fraction of sp³-hybridized carbons (Fsp3) is 0.182. The van der Waals surface area contributed by atoms with E-state index in [1.807, 2.05) is 65.6 Å². The Morgan fingerprint density at radius 3 is 1.63 bits per heavy atom. The van der Waals surface area contributed by atoms with Crippen LogP contribution in [0.15, 0.2) is 83.0 Å². The molecule has 0 aliphatic rings. The van der Waals surface area contributed by atoms with E-state index in [9.17, 15) is 0 Å². The molecule has 0 radical (unpaired) electrons. The topological polar surface area (TPSA) is 110 Å². The summed E-state index contributed by atoms with van der Waals surface area (Å²) in [6, 6.07) is 22.6. The van der Waals surface area contributed by atoms with Gasteiger partial charge in [0.05, 0.1) is 30.3 Å². The Balaban J connectivity index is 1.64. The van der Waals surface area contributed by atoms with Gasteiger partial charge in [0.1, 0.15) is 0 Å². The molecule has 0 saturated carbocycles. The van der Waals surface area contributed by atoms with Crippen molar-refractivity contribution in [1.82, 2.24) is 0 Å². The van der Waals surface area contributed by atoms with E-state index in [0.717, 1.165) is 22.5 Å². The molecule has 0 fully saturated rings. The van der Waals surface area contributed by atoms with Crippen molar-refractivity contribution in [2.45, 2.75) is 0 Å². The normalized spacial score (nSPS) is 11.0. The van der Waals surface area contributed by atoms with Crippen molar-refractivity contribution in [3.8, 4) is 11.1 Å². The maximum atomic E-state index is 9.14. The lowest BCUT2D eigenvalue weighted by molar-refractivity contribution is -0.215. The van der Waals surface area contributed by atoms with Crippen LogP contribution in [0.25, 0.3) is 11.1 Å². The zero-order valence-corrected chi connectivity index (χ0v) is 16.3. The highest BCUT2D eigenvalue weighted by Gasteiger charge is 2.05. The second-order valence-electron chi connectivity index (χ2n) is 6.47. The molecule has 0 saturated heterocycles. The lowest BCUT2D eigenvalue weighted by atomic mass is 10.1. The van der Waals surface area contributed by atoms with E-state index < -0.39 is 0 Å². The molecule has 8 nitrogen and oxygen atoms in total. The molecule has 3 aromatic rings. The molecule has 0 atom stereocenters. The van der Waals surface area contributed by atoms with Crippen LogP contribution in [-0.2, 0) is 4.99 Å². The molecule has 30 heavy (non-hydrogen) atoms. The Hall–Kier alpha value is -3.30. The lowest BCUT2D eigenvalue weighted by Crippen LogP contribution is -2.29. The Morgan fingerprint density at radius 2 is 1.17 bits per heavy atom. The Kier molecular flexibility index (Phi) is 7.87. The Labute approximate surface area is 174 Å². The number of benzene rings is 3. The van der Waals surface area contributed by atoms with Crippen molar-refractivity contribution in [3.63, 3.8) is 0 Å². The third kappa shape index (κ3) is 5.85. The van der Waals surface area contributed by atoms with Gasteiger partial charge in [-0.1, -0.05) is 24.3 Å². The number of azo groups is 1. The van der Waals surface area contributed by atoms with Crippen LogP contribution >= 0.6 is 0 Å². The van der Waals surface area contributed by atoms with Gasteiger partial charge in [-0.15, -0.1) is 4.99 Å². The fourth-order valence-corrected chi connectivity index (χ4v) is 2.96. The van der Waals surface area contributed by atoms with Gasteiger partial charge in [-0.25, -0.2) is 10.7 Å². The van der Waals surface area contributed by atoms with Crippen LogP contribution in [0, 0.1) is 0 Å². The maximum absolute atomic E-state index is 9.14. The van der Waals surface area contributed by atoms with E-state index in [4.69, 9.17) is 15.5 Å². The summed E-state index contributed by atoms with van der Waals surface area (Å²) in [4.78, 5) is 5.80. The summed E-state index contributed by atoms with van der Waals surface area (Å²) in [5.74, 6) is 0. The second kappa shape index (κ2) is 11.0. The molecule has 0 aromatic heterocycles. The molecule has 156 valence electrons. The maximum Gasteiger partial charge on any atom is 0.0858 e. The first-order valence-corrected chi connectivity index (χ1v) is 9.49. The zero-order chi connectivity index (χ0) is 21.2. The average Bonchev–Trinajstić information content (AvgIpc) is 2.79. The van der Waals surface area contributed by atoms with Gasteiger partial charge in [0.2, 0.25) is 0 Å². The first-order valence-electron chi connectivity index (χ1n) is 9.49. The van der Waals surface area contributed by atoms with Gasteiger partial charge in [-0.3, -0.25) is 0 Å². The fourth-order valence-electron chi connectivity index (χ4n) is 2.96. The summed E-state index contributed by atoms with van der Waals surface area (Å²) in [6.45, 7) is 0.968. The molecule has 0 unspecified atom stereocenters. The summed E-state index contributed by atoms with van der Waals surface area (Å²) in [7, 11) is 0. The Morgan fingerprint density at radius 1 is 0.700 bits per heavy atom. The van der Waals surface area contributed by atoms with Crippen LogP contribution in [0.5, 0.6) is 0 Å². The van der Waals surface area contributed by atoms with E-state index >= 15 is 0 Å². The molecule has 4 N–H and O–H groups in total. The highest BCUT2D eigenvalue weighted by molar-refractivity contribution is 5.67. The summed E-state index contributed by atoms with van der Waals surface area (Å²) in [5, 5.41) is 35.2. The van der Waals surface area contributed by atoms with Crippen LogP contribution in [-0.4, -0.2) is 41.8 Å². The first kappa shape index (κ1) is 21.4. The minimum absolute atomic E-state index is 0.0234. The predicted molar refractivity (Wildman–Crippen MR) is 116 cm³/mol. The van der Waals surface area contributed by atoms with E-state index in [-0.39, 0.29) is 13.2 Å². The van der Waals surface area contributed by atoms with Crippen molar-refractivity contribution in [3.05, 3.63) is 72.8 Å². The van der Waals surface area contributed by atoms with Gasteiger partial charge in [0.15, 0.2) is 0 Å². The van der Waals surface area contributed by atoms with Crippen molar-refractivity contribution in [2.75, 3.05) is 36.7 Å². The molecule has 0 bridgehead atoms. The second-order valence-corrected chi connectivity index (χ2v) is 6.47. The Bertz CT molecular complexity index is 923. The van der Waals surface area contributed by atoms with Crippen LogP contribution in [0.2, 0.25) is 0 Å². The summed E-state index contributed by atoms with van der Waals surface area (Å²) in [6.07, 6.45) is 0. The number of nitrogens with zero attached hydrogens (tertiary/aromatic N) is 3. The molecule has 0 aliphatic heterocycles. The first-order chi connectivity index (χ1) is 14.7. The van der Waals surface area contributed by atoms with E-state index in [0.29, 0.717) is 24.5 Å². The number of hydrogen-bond acceptors (Lipinski definition) is 8. The molecule has 0 aliphatic carbocycles. The largest absolute Gasteiger partial charge is 0.395 e. The van der Waals surface area contributed by atoms with Gasteiger partial charge in [0, 0.05) is 18.8 Å². The lowest BCUT2D eigenvalue weighted by Gasteiger charge is -2.22. The molecule has 0 heterocycles. The standard InChI is InChI=1S/C22H24N4O4/c27-15-13-26(14-16-28)22-11-9-20(10-12-22)24-23-19-5-1-17(2-6-19)18-3-7-21(8-4-18)25-30-29/h1-12,25,27-29H,13-16H2. The molecule has 3 rings (SSSR count). The summed E-state index contributed by atoms with van der Waals surface area (Å²) in [5.41, 5.74) is 7.41. The molecular formula is C22H24N4O4. The van der Waals surface area contributed by atoms with Crippen molar-refractivity contribution < 1.29 is 20.5 Å². The number of rotatable bonds is 10. The SMILES string of the molecule is OCCN(CCO)c1ccc(N=Nc2ccc(-c3ccc(NOO)cc3)cc2)cc1. The predicted octanol–water partition coefficient (Wildman–Crippen LogP) is 4.38. The number of hydrogen-bond donors (Lipinski definition) is 4. The number of nitrogens with one attached hydrogen (secondary N) is 1. The van der Waals surface area contributed by atoms with Crippen LogP contribution in [0.1, 0.15) is 0 Å². The molecule has 3 aromatic carbocycles.